The van der Waals surface area contributed by atoms with Crippen LogP contribution in [-0.4, -0.2) is 35.2 Å². The second-order valence-corrected chi connectivity index (χ2v) is 7.88. The molecule has 2 aromatic heterocycles. The Morgan fingerprint density at radius 2 is 2.04 bits per heavy atom. The van der Waals surface area contributed by atoms with Gasteiger partial charge in [0.25, 0.3) is 0 Å². The molecule has 0 bridgehead atoms. The molecule has 4 rings (SSSR count). The molecule has 1 saturated heterocycles. The average Bonchev–Trinajstić information content (AvgIpc) is 3.05. The Bertz CT molecular complexity index is 706. The smallest absolute Gasteiger partial charge is 0.228 e. The van der Waals surface area contributed by atoms with Crippen LogP contribution in [0.2, 0.25) is 0 Å². The Morgan fingerprint density at radius 1 is 1.17 bits per heavy atom. The van der Waals surface area contributed by atoms with Crippen LogP contribution >= 0.6 is 11.3 Å². The third-order valence-electron chi connectivity index (χ3n) is 4.94. The molecule has 0 spiro atoms. The van der Waals surface area contributed by atoms with Crippen molar-refractivity contribution in [2.45, 2.75) is 51.4 Å². The Balaban J connectivity index is 1.55. The fraction of sp³-hybridized carbons (Fsp3) is 0.611. The summed E-state index contributed by atoms with van der Waals surface area (Å²) in [4.78, 5) is 18.0. The van der Waals surface area contributed by atoms with Gasteiger partial charge in [-0.3, -0.25) is 0 Å². The van der Waals surface area contributed by atoms with Crippen LogP contribution in [0, 0.1) is 6.92 Å². The Labute approximate surface area is 147 Å². The molecular formula is C18H24N4OS. The molecule has 2 aromatic rings. The van der Waals surface area contributed by atoms with Crippen LogP contribution < -0.4 is 9.64 Å². The van der Waals surface area contributed by atoms with Crippen molar-refractivity contribution in [3.63, 3.8) is 0 Å². The van der Waals surface area contributed by atoms with Crippen molar-refractivity contribution in [1.29, 1.82) is 0 Å². The summed E-state index contributed by atoms with van der Waals surface area (Å²) in [6.45, 7) is 3.96. The number of aromatic nitrogens is 3. The van der Waals surface area contributed by atoms with Crippen LogP contribution in [0.4, 0.5) is 5.95 Å². The number of methoxy groups -OCH3 is 1. The standard InChI is InChI=1S/C18H24N4OS/c1-12-10-16(23-2)21-18(19-12)22-9-5-6-13(11-22)17-20-14-7-3-4-8-15(14)24-17/h10,13H,3-9,11H2,1-2H3. The van der Waals surface area contributed by atoms with Gasteiger partial charge in [0.1, 0.15) is 0 Å². The topological polar surface area (TPSA) is 51.1 Å². The molecule has 0 aromatic carbocycles. The Morgan fingerprint density at radius 3 is 2.88 bits per heavy atom. The van der Waals surface area contributed by atoms with E-state index in [0.29, 0.717) is 11.8 Å². The fourth-order valence-electron chi connectivity index (χ4n) is 3.68. The number of rotatable bonds is 3. The van der Waals surface area contributed by atoms with Gasteiger partial charge in [-0.25, -0.2) is 9.97 Å². The number of nitrogens with zero attached hydrogens (tertiary/aromatic N) is 4. The van der Waals surface area contributed by atoms with Crippen LogP contribution in [-0.2, 0) is 12.8 Å². The van der Waals surface area contributed by atoms with Gasteiger partial charge in [-0.2, -0.15) is 4.98 Å². The highest BCUT2D eigenvalue weighted by Gasteiger charge is 2.27. The van der Waals surface area contributed by atoms with Crippen molar-refractivity contribution in [3.05, 3.63) is 27.3 Å². The lowest BCUT2D eigenvalue weighted by atomic mass is 9.98. The van der Waals surface area contributed by atoms with Crippen molar-refractivity contribution < 1.29 is 4.74 Å². The van der Waals surface area contributed by atoms with Crippen LogP contribution in [0.15, 0.2) is 6.07 Å². The van der Waals surface area contributed by atoms with E-state index in [1.165, 1.54) is 47.7 Å². The predicted octanol–water partition coefficient (Wildman–Crippen LogP) is 3.51. The monoisotopic (exact) mass is 344 g/mol. The van der Waals surface area contributed by atoms with E-state index in [0.717, 1.165) is 31.2 Å². The summed E-state index contributed by atoms with van der Waals surface area (Å²) < 4.78 is 5.31. The van der Waals surface area contributed by atoms with Gasteiger partial charge < -0.3 is 9.64 Å². The molecule has 128 valence electrons. The molecule has 24 heavy (non-hydrogen) atoms. The van der Waals surface area contributed by atoms with Gasteiger partial charge in [0.15, 0.2) is 0 Å². The van der Waals surface area contributed by atoms with E-state index in [9.17, 15) is 0 Å². The number of ether oxygens (including phenoxy) is 1. The quantitative estimate of drug-likeness (QED) is 0.853. The molecule has 1 aliphatic carbocycles. The van der Waals surface area contributed by atoms with Crippen LogP contribution in [0.25, 0.3) is 0 Å². The molecule has 1 aliphatic heterocycles. The summed E-state index contributed by atoms with van der Waals surface area (Å²) in [5, 5.41) is 1.33. The highest BCUT2D eigenvalue weighted by Crippen LogP contribution is 2.35. The van der Waals surface area contributed by atoms with Crippen molar-refractivity contribution in [1.82, 2.24) is 15.0 Å². The first kappa shape index (κ1) is 15.8. The zero-order chi connectivity index (χ0) is 16.5. The van der Waals surface area contributed by atoms with Gasteiger partial charge in [-0.15, -0.1) is 11.3 Å². The molecule has 1 atom stereocenters. The fourth-order valence-corrected chi connectivity index (χ4v) is 4.96. The number of fused-ring (bicyclic) bond motifs is 1. The van der Waals surface area contributed by atoms with Crippen molar-refractivity contribution in [2.24, 2.45) is 0 Å². The second-order valence-electron chi connectivity index (χ2n) is 6.77. The first-order valence-corrected chi connectivity index (χ1v) is 9.67. The molecule has 2 aliphatic rings. The van der Waals surface area contributed by atoms with Gasteiger partial charge >= 0.3 is 0 Å². The normalized spacial score (nSPS) is 20.8. The second kappa shape index (κ2) is 6.67. The maximum atomic E-state index is 5.31. The van der Waals surface area contributed by atoms with E-state index < -0.39 is 0 Å². The number of aryl methyl sites for hydroxylation is 3. The molecule has 0 saturated carbocycles. The number of hydrogen-bond donors (Lipinski definition) is 0. The lowest BCUT2D eigenvalue weighted by Gasteiger charge is -2.32. The molecular weight excluding hydrogens is 320 g/mol. The maximum absolute atomic E-state index is 5.31. The lowest BCUT2D eigenvalue weighted by Crippen LogP contribution is -2.35. The van der Waals surface area contributed by atoms with Gasteiger partial charge in [0, 0.05) is 35.6 Å². The van der Waals surface area contributed by atoms with Gasteiger partial charge in [-0.05, 0) is 45.4 Å². The van der Waals surface area contributed by atoms with E-state index in [-0.39, 0.29) is 0 Å². The molecule has 1 fully saturated rings. The van der Waals surface area contributed by atoms with E-state index in [1.807, 2.05) is 24.3 Å². The number of thiazole rings is 1. The maximum Gasteiger partial charge on any atom is 0.228 e. The minimum atomic E-state index is 0.504. The summed E-state index contributed by atoms with van der Waals surface area (Å²) in [5.74, 6) is 1.94. The number of hydrogen-bond acceptors (Lipinski definition) is 6. The molecule has 0 N–H and O–H groups in total. The van der Waals surface area contributed by atoms with Crippen LogP contribution in [0.5, 0.6) is 5.88 Å². The summed E-state index contributed by atoms with van der Waals surface area (Å²) in [6, 6.07) is 1.87. The van der Waals surface area contributed by atoms with Gasteiger partial charge in [0.05, 0.1) is 17.8 Å². The first-order chi connectivity index (χ1) is 11.7. The first-order valence-electron chi connectivity index (χ1n) is 8.86. The van der Waals surface area contributed by atoms with Crippen molar-refractivity contribution in [2.75, 3.05) is 25.1 Å². The number of anilines is 1. The van der Waals surface area contributed by atoms with Gasteiger partial charge in [0.2, 0.25) is 11.8 Å². The highest BCUT2D eigenvalue weighted by molar-refractivity contribution is 7.11. The van der Waals surface area contributed by atoms with Crippen LogP contribution in [0.3, 0.4) is 0 Å². The third-order valence-corrected chi connectivity index (χ3v) is 6.26. The molecule has 0 amide bonds. The summed E-state index contributed by atoms with van der Waals surface area (Å²) >= 11 is 1.95. The molecule has 0 radical (unpaired) electrons. The van der Waals surface area contributed by atoms with Crippen molar-refractivity contribution in [3.8, 4) is 5.88 Å². The summed E-state index contributed by atoms with van der Waals surface area (Å²) in [7, 11) is 1.66. The van der Waals surface area contributed by atoms with Crippen LogP contribution in [0.1, 0.15) is 52.9 Å². The number of piperidine rings is 1. The van der Waals surface area contributed by atoms with E-state index in [4.69, 9.17) is 9.72 Å². The SMILES string of the molecule is COc1cc(C)nc(N2CCCC(c3nc4c(s3)CCCC4)C2)n1. The predicted molar refractivity (Wildman–Crippen MR) is 96.3 cm³/mol. The zero-order valence-corrected chi connectivity index (χ0v) is 15.2. The molecule has 3 heterocycles. The Kier molecular flexibility index (Phi) is 4.39. The molecule has 6 heteroatoms. The summed E-state index contributed by atoms with van der Waals surface area (Å²) in [5.41, 5.74) is 2.32. The minimum absolute atomic E-state index is 0.504. The van der Waals surface area contributed by atoms with E-state index >= 15 is 0 Å². The highest BCUT2D eigenvalue weighted by atomic mass is 32.1. The zero-order valence-electron chi connectivity index (χ0n) is 14.4. The molecule has 5 nitrogen and oxygen atoms in total. The average molecular weight is 344 g/mol. The Hall–Kier alpha value is -1.69. The van der Waals surface area contributed by atoms with Gasteiger partial charge in [-0.1, -0.05) is 0 Å². The van der Waals surface area contributed by atoms with Crippen molar-refractivity contribution >= 4 is 17.3 Å². The summed E-state index contributed by atoms with van der Waals surface area (Å²) in [6.07, 6.45) is 7.38. The molecule has 1 unspecified atom stereocenters. The minimum Gasteiger partial charge on any atom is -0.481 e. The largest absolute Gasteiger partial charge is 0.481 e. The third kappa shape index (κ3) is 3.11. The van der Waals surface area contributed by atoms with E-state index in [2.05, 4.69) is 14.9 Å². The van der Waals surface area contributed by atoms with E-state index in [1.54, 1.807) is 7.11 Å². The lowest BCUT2D eigenvalue weighted by molar-refractivity contribution is 0.395.